The minimum absolute atomic E-state index is 0.0258. The number of thiophene rings is 1. The zero-order chi connectivity index (χ0) is 20.0. The molecule has 1 amide bonds. The van der Waals surface area contributed by atoms with Gasteiger partial charge >= 0.3 is 0 Å². The third-order valence-electron chi connectivity index (χ3n) is 5.74. The molecule has 0 atom stereocenters. The van der Waals surface area contributed by atoms with E-state index in [2.05, 4.69) is 44.0 Å². The number of aromatic nitrogens is 4. The van der Waals surface area contributed by atoms with Crippen LogP contribution in [0.4, 0.5) is 11.8 Å². The van der Waals surface area contributed by atoms with Crippen molar-refractivity contribution in [2.75, 3.05) is 23.3 Å². The molecule has 3 aromatic heterocycles. The molecule has 148 valence electrons. The lowest BCUT2D eigenvalue weighted by Crippen LogP contribution is -2.38. The highest BCUT2D eigenvalue weighted by molar-refractivity contribution is 7.18. The second kappa shape index (κ2) is 7.11. The maximum Gasteiger partial charge on any atom is 0.229 e. The number of imidazole rings is 1. The Bertz CT molecular complexity index is 1170. The number of nitrogens with one attached hydrogen (secondary N) is 2. The highest BCUT2D eigenvalue weighted by atomic mass is 32.1. The van der Waals surface area contributed by atoms with Crippen molar-refractivity contribution in [2.24, 2.45) is 5.92 Å². The molecule has 7 nitrogen and oxygen atoms in total. The molecule has 0 aliphatic carbocycles. The summed E-state index contributed by atoms with van der Waals surface area (Å²) >= 11 is 1.71. The van der Waals surface area contributed by atoms with E-state index in [9.17, 15) is 4.79 Å². The first kappa shape index (κ1) is 18.1. The van der Waals surface area contributed by atoms with Crippen LogP contribution in [-0.2, 0) is 4.79 Å². The number of rotatable bonds is 3. The van der Waals surface area contributed by atoms with Gasteiger partial charge in [0, 0.05) is 23.9 Å². The van der Waals surface area contributed by atoms with Gasteiger partial charge in [-0.15, -0.1) is 11.3 Å². The molecule has 2 N–H and O–H groups in total. The summed E-state index contributed by atoms with van der Waals surface area (Å²) in [4.78, 5) is 34.0. The van der Waals surface area contributed by atoms with Crippen LogP contribution in [0.5, 0.6) is 0 Å². The molecule has 0 radical (unpaired) electrons. The van der Waals surface area contributed by atoms with Crippen LogP contribution in [0.2, 0.25) is 0 Å². The van der Waals surface area contributed by atoms with Crippen molar-refractivity contribution < 1.29 is 4.79 Å². The summed E-state index contributed by atoms with van der Waals surface area (Å²) in [6.45, 7) is 5.87. The topological polar surface area (TPSA) is 86.8 Å². The molecule has 1 aromatic carbocycles. The van der Waals surface area contributed by atoms with E-state index >= 15 is 0 Å². The van der Waals surface area contributed by atoms with Gasteiger partial charge in [-0.25, -0.2) is 15.0 Å². The third kappa shape index (κ3) is 3.23. The monoisotopic (exact) mass is 406 g/mol. The number of hydrogen-bond donors (Lipinski definition) is 2. The Labute approximate surface area is 172 Å². The number of amides is 1. The number of hydrogen-bond acceptors (Lipinski definition) is 6. The second-order valence-corrected chi connectivity index (χ2v) is 8.72. The fraction of sp³-hybridized carbons (Fsp3) is 0.333. The van der Waals surface area contributed by atoms with Gasteiger partial charge < -0.3 is 9.88 Å². The average Bonchev–Trinajstić information content (AvgIpc) is 3.28. The summed E-state index contributed by atoms with van der Waals surface area (Å²) in [6.07, 6.45) is 3.23. The van der Waals surface area contributed by atoms with Gasteiger partial charge in [-0.1, -0.05) is 12.1 Å². The Morgan fingerprint density at radius 3 is 2.79 bits per heavy atom. The lowest BCUT2D eigenvalue weighted by atomic mass is 9.95. The van der Waals surface area contributed by atoms with Crippen LogP contribution in [0, 0.1) is 19.8 Å². The Morgan fingerprint density at radius 2 is 2.00 bits per heavy atom. The molecule has 1 fully saturated rings. The summed E-state index contributed by atoms with van der Waals surface area (Å²) < 4.78 is 0. The van der Waals surface area contributed by atoms with Gasteiger partial charge in [0.1, 0.15) is 17.0 Å². The molecule has 29 heavy (non-hydrogen) atoms. The normalized spacial score (nSPS) is 15.3. The number of fused-ring (bicyclic) bond motifs is 2. The van der Waals surface area contributed by atoms with Gasteiger partial charge in [-0.2, -0.15) is 0 Å². The molecule has 4 heterocycles. The molecular weight excluding hydrogens is 384 g/mol. The Kier molecular flexibility index (Phi) is 4.43. The van der Waals surface area contributed by atoms with E-state index in [-0.39, 0.29) is 11.8 Å². The van der Waals surface area contributed by atoms with Crippen molar-refractivity contribution in [3.63, 3.8) is 0 Å². The molecule has 1 saturated heterocycles. The Balaban J connectivity index is 1.28. The number of carbonyl (C=O) groups excluding carboxylic acids is 1. The zero-order valence-corrected chi connectivity index (χ0v) is 17.2. The molecule has 1 aliphatic rings. The van der Waals surface area contributed by atoms with Crippen LogP contribution in [0.25, 0.3) is 21.3 Å². The van der Waals surface area contributed by atoms with Crippen LogP contribution < -0.4 is 10.2 Å². The minimum atomic E-state index is -0.0258. The van der Waals surface area contributed by atoms with Crippen LogP contribution in [0.15, 0.2) is 30.6 Å². The van der Waals surface area contributed by atoms with Crippen molar-refractivity contribution in [1.29, 1.82) is 0 Å². The van der Waals surface area contributed by atoms with Gasteiger partial charge in [-0.3, -0.25) is 10.1 Å². The number of anilines is 2. The molecule has 0 unspecified atom stereocenters. The predicted molar refractivity (Wildman–Crippen MR) is 117 cm³/mol. The van der Waals surface area contributed by atoms with Crippen LogP contribution >= 0.6 is 11.3 Å². The zero-order valence-electron chi connectivity index (χ0n) is 16.4. The van der Waals surface area contributed by atoms with Gasteiger partial charge in [-0.05, 0) is 44.4 Å². The second-order valence-electron chi connectivity index (χ2n) is 7.51. The summed E-state index contributed by atoms with van der Waals surface area (Å²) in [7, 11) is 0. The van der Waals surface area contributed by atoms with Gasteiger partial charge in [0.25, 0.3) is 0 Å². The number of aryl methyl sites for hydroxylation is 2. The van der Waals surface area contributed by atoms with Crippen molar-refractivity contribution in [3.05, 3.63) is 41.0 Å². The van der Waals surface area contributed by atoms with Crippen LogP contribution in [0.3, 0.4) is 0 Å². The van der Waals surface area contributed by atoms with Gasteiger partial charge in [0.2, 0.25) is 11.9 Å². The molecule has 1 aliphatic heterocycles. The van der Waals surface area contributed by atoms with E-state index in [1.54, 1.807) is 17.7 Å². The summed E-state index contributed by atoms with van der Waals surface area (Å²) in [5.41, 5.74) is 3.03. The smallest absolute Gasteiger partial charge is 0.229 e. The maximum atomic E-state index is 12.7. The van der Waals surface area contributed by atoms with Crippen molar-refractivity contribution >= 4 is 50.3 Å². The van der Waals surface area contributed by atoms with E-state index in [4.69, 9.17) is 0 Å². The average molecular weight is 407 g/mol. The van der Waals surface area contributed by atoms with Crippen LogP contribution in [-0.4, -0.2) is 38.9 Å². The standard InChI is InChI=1S/C21H22N6OS/c1-12-13(2)29-20-17(12)18(22-11-23-20)27-9-7-14(8-10-27)19(28)26-21-24-15-5-3-4-6-16(15)25-21/h3-6,11,14H,7-10H2,1-2H3,(H2,24,25,26,28). The molecule has 4 aromatic rings. The summed E-state index contributed by atoms with van der Waals surface area (Å²) in [6, 6.07) is 7.76. The van der Waals surface area contributed by atoms with E-state index in [0.29, 0.717) is 5.95 Å². The number of nitrogens with zero attached hydrogens (tertiary/aromatic N) is 4. The first-order valence-corrected chi connectivity index (χ1v) is 10.6. The minimum Gasteiger partial charge on any atom is -0.356 e. The number of H-pyrrole nitrogens is 1. The SMILES string of the molecule is Cc1sc2ncnc(N3CCC(C(=O)Nc4nc5ccccc5[nH]4)CC3)c2c1C. The predicted octanol–water partition coefficient (Wildman–Crippen LogP) is 4.04. The molecule has 0 spiro atoms. The molecule has 5 rings (SSSR count). The molecule has 0 bridgehead atoms. The molecular formula is C21H22N6OS. The Hall–Kier alpha value is -3.00. The first-order valence-electron chi connectivity index (χ1n) is 9.81. The van der Waals surface area contributed by atoms with Gasteiger partial charge in [0.15, 0.2) is 0 Å². The van der Waals surface area contributed by atoms with E-state index in [0.717, 1.165) is 53.0 Å². The molecule has 8 heteroatoms. The Morgan fingerprint density at radius 1 is 1.21 bits per heavy atom. The number of benzene rings is 1. The molecule has 0 saturated carbocycles. The lowest BCUT2D eigenvalue weighted by Gasteiger charge is -2.32. The fourth-order valence-electron chi connectivity index (χ4n) is 3.99. The third-order valence-corrected chi connectivity index (χ3v) is 6.86. The van der Waals surface area contributed by atoms with Gasteiger partial charge in [0.05, 0.1) is 16.4 Å². The number of para-hydroxylation sites is 2. The number of aromatic amines is 1. The number of piperidine rings is 1. The van der Waals surface area contributed by atoms with E-state index in [1.807, 2.05) is 24.3 Å². The van der Waals surface area contributed by atoms with E-state index < -0.39 is 0 Å². The van der Waals surface area contributed by atoms with Crippen molar-refractivity contribution in [1.82, 2.24) is 19.9 Å². The maximum absolute atomic E-state index is 12.7. The quantitative estimate of drug-likeness (QED) is 0.536. The van der Waals surface area contributed by atoms with Crippen LogP contribution in [0.1, 0.15) is 23.3 Å². The van der Waals surface area contributed by atoms with Crippen molar-refractivity contribution in [2.45, 2.75) is 26.7 Å². The number of carbonyl (C=O) groups is 1. The largest absolute Gasteiger partial charge is 0.356 e. The summed E-state index contributed by atoms with van der Waals surface area (Å²) in [5, 5.41) is 4.10. The fourth-order valence-corrected chi connectivity index (χ4v) is 4.98. The van der Waals surface area contributed by atoms with E-state index in [1.165, 1.54) is 10.4 Å². The highest BCUT2D eigenvalue weighted by Crippen LogP contribution is 2.35. The summed E-state index contributed by atoms with van der Waals surface area (Å²) in [5.74, 6) is 1.51. The van der Waals surface area contributed by atoms with Crippen molar-refractivity contribution in [3.8, 4) is 0 Å². The highest BCUT2D eigenvalue weighted by Gasteiger charge is 2.27. The lowest BCUT2D eigenvalue weighted by molar-refractivity contribution is -0.120. The first-order chi connectivity index (χ1) is 14.1.